The summed E-state index contributed by atoms with van der Waals surface area (Å²) in [7, 11) is 0. The fourth-order valence-corrected chi connectivity index (χ4v) is 2.60. The van der Waals surface area contributed by atoms with Crippen LogP contribution in [-0.4, -0.2) is 6.26 Å². The van der Waals surface area contributed by atoms with Gasteiger partial charge in [-0.3, -0.25) is 0 Å². The highest BCUT2D eigenvalue weighted by Gasteiger charge is 2.31. The Kier molecular flexibility index (Phi) is 2.26. The molecule has 0 radical (unpaired) electrons. The Balaban J connectivity index is 1.87. The van der Waals surface area contributed by atoms with E-state index in [1.165, 1.54) is 32.1 Å². The van der Waals surface area contributed by atoms with Gasteiger partial charge in [0.2, 0.25) is 0 Å². The first-order valence-corrected chi connectivity index (χ1v) is 5.85. The number of rotatable bonds is 2. The molecule has 1 heteroatoms. The van der Waals surface area contributed by atoms with Crippen LogP contribution in [0.15, 0.2) is 11.0 Å². The molecule has 0 heterocycles. The van der Waals surface area contributed by atoms with Crippen LogP contribution in [0.5, 0.6) is 0 Å². The van der Waals surface area contributed by atoms with Crippen LogP contribution in [0.25, 0.3) is 0 Å². The fourth-order valence-electron chi connectivity index (χ4n) is 2.01. The second kappa shape index (κ2) is 3.22. The molecule has 2 aliphatic rings. The van der Waals surface area contributed by atoms with Crippen LogP contribution in [0.4, 0.5) is 0 Å². The summed E-state index contributed by atoms with van der Waals surface area (Å²) in [6.45, 7) is 0. The van der Waals surface area contributed by atoms with Gasteiger partial charge in [-0.05, 0) is 55.1 Å². The van der Waals surface area contributed by atoms with Crippen LogP contribution in [0, 0.1) is 11.8 Å². The van der Waals surface area contributed by atoms with Crippen LogP contribution < -0.4 is 0 Å². The topological polar surface area (TPSA) is 0 Å². The molecule has 1 unspecified atom stereocenters. The minimum Gasteiger partial charge on any atom is -0.134 e. The molecule has 0 spiro atoms. The molecule has 1 atom stereocenters. The maximum atomic E-state index is 2.47. The van der Waals surface area contributed by atoms with Crippen molar-refractivity contribution < 1.29 is 0 Å². The Morgan fingerprint density at radius 2 is 2.09 bits per heavy atom. The molecular formula is C10H16S. The van der Waals surface area contributed by atoms with E-state index in [1.54, 1.807) is 4.91 Å². The molecular weight excluding hydrogens is 152 g/mol. The van der Waals surface area contributed by atoms with Crippen LogP contribution in [0.2, 0.25) is 0 Å². The lowest BCUT2D eigenvalue weighted by Gasteiger charge is -2.20. The van der Waals surface area contributed by atoms with Crippen molar-refractivity contribution >= 4 is 11.8 Å². The molecule has 0 amide bonds. The van der Waals surface area contributed by atoms with Gasteiger partial charge in [-0.25, -0.2) is 0 Å². The van der Waals surface area contributed by atoms with E-state index in [0.29, 0.717) is 0 Å². The van der Waals surface area contributed by atoms with Gasteiger partial charge in [-0.15, -0.1) is 11.8 Å². The van der Waals surface area contributed by atoms with Crippen LogP contribution in [0.3, 0.4) is 0 Å². The molecule has 0 saturated heterocycles. The minimum absolute atomic E-state index is 1.06. The third kappa shape index (κ3) is 1.81. The van der Waals surface area contributed by atoms with Gasteiger partial charge in [-0.2, -0.15) is 0 Å². The molecule has 0 N–H and O–H groups in total. The van der Waals surface area contributed by atoms with Crippen LogP contribution in [0.1, 0.15) is 32.1 Å². The summed E-state index contributed by atoms with van der Waals surface area (Å²) in [6, 6.07) is 0. The van der Waals surface area contributed by atoms with E-state index in [0.717, 1.165) is 11.8 Å². The molecule has 0 nitrogen and oxygen atoms in total. The minimum atomic E-state index is 1.06. The lowest BCUT2D eigenvalue weighted by Crippen LogP contribution is -2.06. The van der Waals surface area contributed by atoms with E-state index in [4.69, 9.17) is 0 Å². The molecule has 0 aromatic heterocycles. The van der Waals surface area contributed by atoms with Gasteiger partial charge in [0.05, 0.1) is 0 Å². The molecule has 1 fully saturated rings. The van der Waals surface area contributed by atoms with E-state index in [9.17, 15) is 0 Å². The summed E-state index contributed by atoms with van der Waals surface area (Å²) in [5.41, 5.74) is 0. The lowest BCUT2D eigenvalue weighted by atomic mass is 9.90. The molecule has 1 saturated carbocycles. The highest BCUT2D eigenvalue weighted by atomic mass is 32.2. The van der Waals surface area contributed by atoms with E-state index >= 15 is 0 Å². The molecule has 0 bridgehead atoms. The first-order valence-electron chi connectivity index (χ1n) is 4.63. The Morgan fingerprint density at radius 1 is 1.27 bits per heavy atom. The summed E-state index contributed by atoms with van der Waals surface area (Å²) in [4.78, 5) is 1.63. The standard InChI is InChI=1S/C10H16S/c1-11-10-6-4-9(5-7-10)8-2-3-8/h6,8-9H,2-5,7H2,1H3. The Hall–Kier alpha value is 0.0900. The molecule has 11 heavy (non-hydrogen) atoms. The van der Waals surface area contributed by atoms with E-state index in [-0.39, 0.29) is 0 Å². The van der Waals surface area contributed by atoms with Gasteiger partial charge in [0.25, 0.3) is 0 Å². The number of hydrogen-bond donors (Lipinski definition) is 0. The number of thioether (sulfide) groups is 1. The number of allylic oxidation sites excluding steroid dienone is 2. The first kappa shape index (κ1) is 7.72. The van der Waals surface area contributed by atoms with Crippen molar-refractivity contribution in [3.8, 4) is 0 Å². The van der Waals surface area contributed by atoms with Crippen molar-refractivity contribution in [3.63, 3.8) is 0 Å². The summed E-state index contributed by atoms with van der Waals surface area (Å²) < 4.78 is 0. The van der Waals surface area contributed by atoms with Crippen molar-refractivity contribution in [2.24, 2.45) is 11.8 Å². The van der Waals surface area contributed by atoms with Crippen molar-refractivity contribution in [2.75, 3.05) is 6.26 Å². The maximum Gasteiger partial charge on any atom is -0.0140 e. The molecule has 0 aromatic rings. The maximum absolute atomic E-state index is 2.47. The molecule has 2 rings (SSSR count). The van der Waals surface area contributed by atoms with Crippen molar-refractivity contribution in [1.82, 2.24) is 0 Å². The van der Waals surface area contributed by atoms with Gasteiger partial charge in [-0.1, -0.05) is 6.08 Å². The third-order valence-electron chi connectivity index (χ3n) is 2.96. The van der Waals surface area contributed by atoms with Gasteiger partial charge >= 0.3 is 0 Å². The Labute approximate surface area is 73.4 Å². The molecule has 0 aliphatic heterocycles. The lowest BCUT2D eigenvalue weighted by molar-refractivity contribution is 0.422. The Bertz CT molecular complexity index is 168. The third-order valence-corrected chi connectivity index (χ3v) is 3.86. The quantitative estimate of drug-likeness (QED) is 0.608. The summed E-state index contributed by atoms with van der Waals surface area (Å²) >= 11 is 1.94. The van der Waals surface area contributed by atoms with Gasteiger partial charge in [0, 0.05) is 0 Å². The molecule has 2 aliphatic carbocycles. The highest BCUT2D eigenvalue weighted by molar-refractivity contribution is 8.02. The van der Waals surface area contributed by atoms with Gasteiger partial charge in [0.1, 0.15) is 0 Å². The number of hydrogen-bond acceptors (Lipinski definition) is 1. The zero-order chi connectivity index (χ0) is 7.68. The highest BCUT2D eigenvalue weighted by Crippen LogP contribution is 2.44. The average molecular weight is 168 g/mol. The second-order valence-electron chi connectivity index (χ2n) is 3.75. The van der Waals surface area contributed by atoms with E-state index in [2.05, 4.69) is 12.3 Å². The molecule has 62 valence electrons. The first-order chi connectivity index (χ1) is 5.40. The largest absolute Gasteiger partial charge is 0.134 e. The monoisotopic (exact) mass is 168 g/mol. The van der Waals surface area contributed by atoms with Gasteiger partial charge < -0.3 is 0 Å². The van der Waals surface area contributed by atoms with E-state index in [1.807, 2.05) is 11.8 Å². The van der Waals surface area contributed by atoms with Crippen molar-refractivity contribution in [2.45, 2.75) is 32.1 Å². The second-order valence-corrected chi connectivity index (χ2v) is 4.68. The van der Waals surface area contributed by atoms with E-state index < -0.39 is 0 Å². The molecule has 0 aromatic carbocycles. The zero-order valence-corrected chi connectivity index (χ0v) is 7.99. The van der Waals surface area contributed by atoms with Crippen LogP contribution in [-0.2, 0) is 0 Å². The SMILES string of the molecule is CSC1=CCC(C2CC2)CC1. The normalized spacial score (nSPS) is 31.7. The predicted octanol–water partition coefficient (Wildman–Crippen LogP) is 3.44. The predicted molar refractivity (Wildman–Crippen MR) is 51.7 cm³/mol. The van der Waals surface area contributed by atoms with Crippen molar-refractivity contribution in [1.29, 1.82) is 0 Å². The average Bonchev–Trinajstić information content (AvgIpc) is 2.87. The smallest absolute Gasteiger partial charge is 0.0140 e. The van der Waals surface area contributed by atoms with Crippen LogP contribution >= 0.6 is 11.8 Å². The van der Waals surface area contributed by atoms with Crippen molar-refractivity contribution in [3.05, 3.63) is 11.0 Å². The summed E-state index contributed by atoms with van der Waals surface area (Å²) in [5, 5.41) is 0. The summed E-state index contributed by atoms with van der Waals surface area (Å²) in [6.07, 6.45) is 11.9. The Morgan fingerprint density at radius 3 is 2.55 bits per heavy atom. The fraction of sp³-hybridized carbons (Fsp3) is 0.800. The zero-order valence-electron chi connectivity index (χ0n) is 7.18. The van der Waals surface area contributed by atoms with Gasteiger partial charge in [0.15, 0.2) is 0 Å². The summed E-state index contributed by atoms with van der Waals surface area (Å²) in [5.74, 6) is 2.18.